The van der Waals surface area contributed by atoms with Gasteiger partial charge in [0.1, 0.15) is 29.8 Å². The number of nitrogens with one attached hydrogen (secondary N) is 1. The summed E-state index contributed by atoms with van der Waals surface area (Å²) in [5.41, 5.74) is 1.97. The molecule has 1 atom stereocenters. The summed E-state index contributed by atoms with van der Waals surface area (Å²) in [7, 11) is 0. The Morgan fingerprint density at radius 3 is 2.88 bits per heavy atom. The fourth-order valence-electron chi connectivity index (χ4n) is 3.78. The number of hydrogen-bond donors (Lipinski definition) is 1. The second-order valence-electron chi connectivity index (χ2n) is 7.59. The van der Waals surface area contributed by atoms with E-state index in [1.165, 1.54) is 12.7 Å². The Morgan fingerprint density at radius 1 is 1.16 bits per heavy atom. The number of aromatic nitrogens is 6. The number of anilines is 1. The summed E-state index contributed by atoms with van der Waals surface area (Å²) >= 11 is 1.59. The van der Waals surface area contributed by atoms with Crippen molar-refractivity contribution in [2.75, 3.05) is 18.0 Å². The normalized spacial score (nSPS) is 16.1. The molecule has 9 nitrogen and oxygen atoms in total. The minimum Gasteiger partial charge on any atom is -0.356 e. The highest BCUT2D eigenvalue weighted by atomic mass is 32.1. The third-order valence-corrected chi connectivity index (χ3v) is 6.36. The van der Waals surface area contributed by atoms with Gasteiger partial charge < -0.3 is 10.2 Å². The van der Waals surface area contributed by atoms with Crippen molar-refractivity contribution >= 4 is 23.1 Å². The topological polar surface area (TPSA) is 102 Å². The van der Waals surface area contributed by atoms with Gasteiger partial charge in [-0.25, -0.2) is 24.6 Å². The van der Waals surface area contributed by atoms with E-state index < -0.39 is 0 Å². The van der Waals surface area contributed by atoms with Gasteiger partial charge >= 0.3 is 0 Å². The number of carbonyl (C=O) groups excluding carboxylic acids is 1. The fourth-order valence-corrected chi connectivity index (χ4v) is 4.61. The monoisotopic (exact) mass is 446 g/mol. The highest BCUT2D eigenvalue weighted by molar-refractivity contribution is 7.13. The van der Waals surface area contributed by atoms with E-state index in [0.717, 1.165) is 41.5 Å². The lowest BCUT2D eigenvalue weighted by Crippen LogP contribution is -2.43. The molecule has 0 radical (unpaired) electrons. The van der Waals surface area contributed by atoms with Gasteiger partial charge in [0.2, 0.25) is 5.91 Å². The van der Waals surface area contributed by atoms with E-state index in [1.807, 2.05) is 41.8 Å². The Balaban J connectivity index is 1.20. The smallest absolute Gasteiger partial charge is 0.225 e. The van der Waals surface area contributed by atoms with Gasteiger partial charge in [-0.05, 0) is 12.8 Å². The van der Waals surface area contributed by atoms with Crippen molar-refractivity contribution in [2.24, 2.45) is 5.92 Å². The number of benzene rings is 1. The van der Waals surface area contributed by atoms with Crippen LogP contribution in [-0.4, -0.2) is 48.7 Å². The summed E-state index contributed by atoms with van der Waals surface area (Å²) in [6, 6.07) is 11.9. The lowest BCUT2D eigenvalue weighted by Gasteiger charge is -2.32. The molecule has 0 aliphatic carbocycles. The van der Waals surface area contributed by atoms with Crippen LogP contribution in [0.5, 0.6) is 0 Å². The van der Waals surface area contributed by atoms with Crippen LogP contribution in [0.3, 0.4) is 0 Å². The zero-order chi connectivity index (χ0) is 21.8. The van der Waals surface area contributed by atoms with E-state index in [-0.39, 0.29) is 11.8 Å². The van der Waals surface area contributed by atoms with Crippen molar-refractivity contribution in [3.05, 3.63) is 66.5 Å². The quantitative estimate of drug-likeness (QED) is 0.486. The largest absolute Gasteiger partial charge is 0.356 e. The Labute approximate surface area is 189 Å². The first-order chi connectivity index (χ1) is 15.8. The van der Waals surface area contributed by atoms with Crippen LogP contribution in [-0.2, 0) is 11.3 Å². The summed E-state index contributed by atoms with van der Waals surface area (Å²) in [6.07, 6.45) is 6.36. The van der Waals surface area contributed by atoms with E-state index in [9.17, 15) is 4.79 Å². The predicted molar refractivity (Wildman–Crippen MR) is 121 cm³/mol. The van der Waals surface area contributed by atoms with E-state index in [2.05, 4.69) is 35.3 Å². The van der Waals surface area contributed by atoms with Crippen LogP contribution in [0.25, 0.3) is 16.4 Å². The molecular weight excluding hydrogens is 424 g/mol. The summed E-state index contributed by atoms with van der Waals surface area (Å²) in [5, 5.41) is 10.1. The molecule has 1 amide bonds. The second kappa shape index (κ2) is 9.23. The van der Waals surface area contributed by atoms with Gasteiger partial charge in [-0.3, -0.25) is 4.79 Å². The van der Waals surface area contributed by atoms with Gasteiger partial charge in [0.15, 0.2) is 5.82 Å². The summed E-state index contributed by atoms with van der Waals surface area (Å²) in [4.78, 5) is 32.3. The third kappa shape index (κ3) is 4.50. The van der Waals surface area contributed by atoms with Crippen molar-refractivity contribution in [1.82, 2.24) is 35.0 Å². The van der Waals surface area contributed by atoms with Gasteiger partial charge in [-0.15, -0.1) is 11.3 Å². The number of amides is 1. The zero-order valence-electron chi connectivity index (χ0n) is 17.3. The number of nitrogens with zero attached hydrogens (tertiary/aromatic N) is 7. The van der Waals surface area contributed by atoms with Crippen LogP contribution >= 0.6 is 11.3 Å². The first kappa shape index (κ1) is 20.3. The van der Waals surface area contributed by atoms with Crippen molar-refractivity contribution in [3.63, 3.8) is 0 Å². The van der Waals surface area contributed by atoms with Crippen LogP contribution in [0.2, 0.25) is 0 Å². The molecule has 5 rings (SSSR count). The Bertz CT molecular complexity index is 1180. The van der Waals surface area contributed by atoms with E-state index >= 15 is 0 Å². The molecule has 10 heteroatoms. The zero-order valence-corrected chi connectivity index (χ0v) is 18.1. The molecule has 1 aliphatic heterocycles. The molecule has 162 valence electrons. The highest BCUT2D eigenvalue weighted by Gasteiger charge is 2.27. The van der Waals surface area contributed by atoms with Crippen LogP contribution in [0, 0.1) is 5.92 Å². The molecule has 3 aromatic heterocycles. The summed E-state index contributed by atoms with van der Waals surface area (Å²) < 4.78 is 1.59. The minimum atomic E-state index is -0.0965. The molecule has 1 saturated heterocycles. The molecule has 1 N–H and O–H groups in total. The lowest BCUT2D eigenvalue weighted by molar-refractivity contribution is -0.125. The fraction of sp³-hybridized carbons (Fsp3) is 0.273. The first-order valence-corrected chi connectivity index (χ1v) is 11.3. The molecule has 0 saturated carbocycles. The van der Waals surface area contributed by atoms with Gasteiger partial charge in [-0.2, -0.15) is 5.10 Å². The average molecular weight is 447 g/mol. The summed E-state index contributed by atoms with van der Waals surface area (Å²) in [5.74, 6) is 1.39. The van der Waals surface area contributed by atoms with Crippen molar-refractivity contribution < 1.29 is 4.79 Å². The highest BCUT2D eigenvalue weighted by Crippen LogP contribution is 2.24. The van der Waals surface area contributed by atoms with Crippen LogP contribution in [0.15, 0.2) is 60.8 Å². The van der Waals surface area contributed by atoms with Gasteiger partial charge in [0.25, 0.3) is 0 Å². The SMILES string of the molecule is O=C(NCc1csc(-c2ccccc2)n1)C1CCCN(c2cc(-n3cncn3)ncn2)C1. The first-order valence-electron chi connectivity index (χ1n) is 10.5. The third-order valence-electron chi connectivity index (χ3n) is 5.42. The maximum Gasteiger partial charge on any atom is 0.225 e. The number of hydrogen-bond acceptors (Lipinski definition) is 8. The second-order valence-corrected chi connectivity index (χ2v) is 8.45. The van der Waals surface area contributed by atoms with E-state index in [1.54, 1.807) is 22.3 Å². The molecule has 4 aromatic rings. The molecule has 0 bridgehead atoms. The Morgan fingerprint density at radius 2 is 2.03 bits per heavy atom. The lowest BCUT2D eigenvalue weighted by atomic mass is 9.97. The predicted octanol–water partition coefficient (Wildman–Crippen LogP) is 2.71. The van der Waals surface area contributed by atoms with Gasteiger partial charge in [0, 0.05) is 30.1 Å². The summed E-state index contributed by atoms with van der Waals surface area (Å²) in [6.45, 7) is 1.90. The molecule has 32 heavy (non-hydrogen) atoms. The number of rotatable bonds is 6. The molecule has 1 aromatic carbocycles. The number of thiazole rings is 1. The number of carbonyl (C=O) groups is 1. The van der Waals surface area contributed by atoms with E-state index in [4.69, 9.17) is 0 Å². The molecule has 0 spiro atoms. The van der Waals surface area contributed by atoms with E-state index in [0.29, 0.717) is 18.9 Å². The average Bonchev–Trinajstić information content (AvgIpc) is 3.56. The Kier molecular flexibility index (Phi) is 5.84. The Hall–Kier alpha value is -3.66. The molecule has 4 heterocycles. The van der Waals surface area contributed by atoms with Crippen molar-refractivity contribution in [1.29, 1.82) is 0 Å². The van der Waals surface area contributed by atoms with Crippen LogP contribution in [0.4, 0.5) is 5.82 Å². The number of piperidine rings is 1. The van der Waals surface area contributed by atoms with Crippen molar-refractivity contribution in [2.45, 2.75) is 19.4 Å². The molecule has 1 fully saturated rings. The van der Waals surface area contributed by atoms with Crippen molar-refractivity contribution in [3.8, 4) is 16.4 Å². The molecule has 1 aliphatic rings. The van der Waals surface area contributed by atoms with Crippen LogP contribution < -0.4 is 10.2 Å². The van der Waals surface area contributed by atoms with Gasteiger partial charge in [-0.1, -0.05) is 30.3 Å². The molecule has 1 unspecified atom stereocenters. The maximum absolute atomic E-state index is 12.9. The van der Waals surface area contributed by atoms with Gasteiger partial charge in [0.05, 0.1) is 18.2 Å². The van der Waals surface area contributed by atoms with Crippen LogP contribution in [0.1, 0.15) is 18.5 Å². The standard InChI is InChI=1S/C22H22N8OS/c31-21(24-10-18-12-32-22(28-18)16-5-2-1-3-6-16)17-7-4-8-29(11-17)19-9-20(26-14-25-19)30-15-23-13-27-30/h1-3,5-6,9,12-15,17H,4,7-8,10-11H2,(H,24,31). The minimum absolute atomic E-state index is 0.0505. The maximum atomic E-state index is 12.9. The molecular formula is C22H22N8OS.